The van der Waals surface area contributed by atoms with E-state index in [1.54, 1.807) is 12.3 Å². The van der Waals surface area contributed by atoms with Crippen molar-refractivity contribution in [3.63, 3.8) is 0 Å². The molecule has 0 fully saturated rings. The summed E-state index contributed by atoms with van der Waals surface area (Å²) < 4.78 is 0. The first-order valence-electron chi connectivity index (χ1n) is 5.51. The summed E-state index contributed by atoms with van der Waals surface area (Å²) in [6, 6.07) is 5.44. The number of aliphatic hydroxyl groups is 1. The van der Waals surface area contributed by atoms with E-state index in [0.717, 1.165) is 0 Å². The van der Waals surface area contributed by atoms with E-state index in [4.69, 9.17) is 5.11 Å². The van der Waals surface area contributed by atoms with E-state index >= 15 is 0 Å². The molecule has 0 saturated carbocycles. The van der Waals surface area contributed by atoms with Gasteiger partial charge in [-0.15, -0.1) is 0 Å². The van der Waals surface area contributed by atoms with Gasteiger partial charge in [-0.3, -0.25) is 4.98 Å². The number of nitrogens with zero attached hydrogens (tertiary/aromatic N) is 2. The first-order chi connectivity index (χ1) is 7.28. The van der Waals surface area contributed by atoms with Gasteiger partial charge in [0, 0.05) is 6.20 Å². The van der Waals surface area contributed by atoms with Gasteiger partial charge in [0.2, 0.25) is 0 Å². The van der Waals surface area contributed by atoms with Gasteiger partial charge in [-0.05, 0) is 31.8 Å². The minimum atomic E-state index is 0. The van der Waals surface area contributed by atoms with Gasteiger partial charge in [0.05, 0.1) is 12.3 Å². The molecule has 94 valence electrons. The standard InChI is InChI=1S/C6H7NO.C6H15N.H2O/c8-5-6-3-1-2-4-7-6;1-4-7(5-2)6-3;/h1-4,8H,5H2;4-6H2,1-3H3;1H2. The molecule has 0 atom stereocenters. The molecule has 0 unspecified atom stereocenters. The molecule has 1 aromatic heterocycles. The highest BCUT2D eigenvalue weighted by Gasteiger charge is 1.89. The lowest BCUT2D eigenvalue weighted by Crippen LogP contribution is -2.21. The summed E-state index contributed by atoms with van der Waals surface area (Å²) in [7, 11) is 0. The Kier molecular flexibility index (Phi) is 13.2. The van der Waals surface area contributed by atoms with E-state index < -0.39 is 0 Å². The molecule has 1 aromatic rings. The monoisotopic (exact) mass is 228 g/mol. The van der Waals surface area contributed by atoms with E-state index in [2.05, 4.69) is 30.7 Å². The van der Waals surface area contributed by atoms with Crippen LogP contribution in [0.1, 0.15) is 26.5 Å². The largest absolute Gasteiger partial charge is 0.412 e. The number of aliphatic hydroxyl groups excluding tert-OH is 1. The van der Waals surface area contributed by atoms with Crippen LogP contribution in [-0.4, -0.2) is 40.1 Å². The average molecular weight is 228 g/mol. The fourth-order valence-electron chi connectivity index (χ4n) is 1.16. The highest BCUT2D eigenvalue weighted by molar-refractivity contribution is 5.01. The van der Waals surface area contributed by atoms with Crippen molar-refractivity contribution in [3.8, 4) is 0 Å². The van der Waals surface area contributed by atoms with Gasteiger partial charge in [-0.1, -0.05) is 26.8 Å². The smallest absolute Gasteiger partial charge is 0.0852 e. The van der Waals surface area contributed by atoms with Crippen molar-refractivity contribution in [1.29, 1.82) is 0 Å². The fourth-order valence-corrected chi connectivity index (χ4v) is 1.16. The SMILES string of the molecule is CCN(CC)CC.O.OCc1ccccn1. The van der Waals surface area contributed by atoms with Crippen LogP contribution in [-0.2, 0) is 6.61 Å². The van der Waals surface area contributed by atoms with Crippen LogP contribution >= 0.6 is 0 Å². The molecule has 0 spiro atoms. The molecule has 0 radical (unpaired) electrons. The van der Waals surface area contributed by atoms with Crippen LogP contribution in [0, 0.1) is 0 Å². The molecular formula is C12H24N2O2. The van der Waals surface area contributed by atoms with Crippen molar-refractivity contribution in [3.05, 3.63) is 30.1 Å². The molecule has 0 aliphatic rings. The lowest BCUT2D eigenvalue weighted by molar-refractivity contribution is 0.277. The molecule has 4 nitrogen and oxygen atoms in total. The molecular weight excluding hydrogens is 204 g/mol. The Morgan fingerprint density at radius 3 is 1.88 bits per heavy atom. The Labute approximate surface area is 98.2 Å². The maximum absolute atomic E-state index is 8.48. The molecule has 0 aromatic carbocycles. The first kappa shape index (κ1) is 17.4. The zero-order valence-electron chi connectivity index (χ0n) is 10.5. The lowest BCUT2D eigenvalue weighted by atomic mass is 10.4. The van der Waals surface area contributed by atoms with Gasteiger partial charge >= 0.3 is 0 Å². The van der Waals surface area contributed by atoms with Gasteiger partial charge in [-0.2, -0.15) is 0 Å². The molecule has 0 aliphatic carbocycles. The normalized spacial score (nSPS) is 9.06. The summed E-state index contributed by atoms with van der Waals surface area (Å²) in [6.45, 7) is 10.2. The lowest BCUT2D eigenvalue weighted by Gasteiger charge is -2.13. The third kappa shape index (κ3) is 8.35. The van der Waals surface area contributed by atoms with Crippen LogP contribution in [0.2, 0.25) is 0 Å². The molecule has 0 bridgehead atoms. The minimum absolute atomic E-state index is 0. The Balaban J connectivity index is 0. The Morgan fingerprint density at radius 2 is 1.69 bits per heavy atom. The van der Waals surface area contributed by atoms with Crippen molar-refractivity contribution in [2.24, 2.45) is 0 Å². The van der Waals surface area contributed by atoms with Gasteiger partial charge in [0.15, 0.2) is 0 Å². The maximum Gasteiger partial charge on any atom is 0.0852 e. The third-order valence-electron chi connectivity index (χ3n) is 2.23. The number of pyridine rings is 1. The van der Waals surface area contributed by atoms with Crippen LogP contribution in [0.3, 0.4) is 0 Å². The van der Waals surface area contributed by atoms with Crippen molar-refractivity contribution in [1.82, 2.24) is 9.88 Å². The molecule has 0 aliphatic heterocycles. The average Bonchev–Trinajstić information content (AvgIpc) is 2.33. The van der Waals surface area contributed by atoms with E-state index in [0.29, 0.717) is 5.69 Å². The molecule has 1 rings (SSSR count). The van der Waals surface area contributed by atoms with E-state index in [-0.39, 0.29) is 12.1 Å². The quantitative estimate of drug-likeness (QED) is 0.839. The highest BCUT2D eigenvalue weighted by atomic mass is 16.3. The van der Waals surface area contributed by atoms with E-state index in [1.165, 1.54) is 19.6 Å². The predicted octanol–water partition coefficient (Wildman–Crippen LogP) is 1.10. The number of hydrogen-bond donors (Lipinski definition) is 1. The number of rotatable bonds is 4. The van der Waals surface area contributed by atoms with Crippen molar-refractivity contribution in [2.75, 3.05) is 19.6 Å². The summed E-state index contributed by atoms with van der Waals surface area (Å²) >= 11 is 0. The molecule has 4 heteroatoms. The van der Waals surface area contributed by atoms with Crippen molar-refractivity contribution in [2.45, 2.75) is 27.4 Å². The molecule has 0 amide bonds. The predicted molar refractivity (Wildman–Crippen MR) is 67.2 cm³/mol. The second-order valence-electron chi connectivity index (χ2n) is 3.10. The van der Waals surface area contributed by atoms with Crippen molar-refractivity contribution >= 4 is 0 Å². The van der Waals surface area contributed by atoms with E-state index in [1.807, 2.05) is 12.1 Å². The topological polar surface area (TPSA) is 67.9 Å². The summed E-state index contributed by atoms with van der Waals surface area (Å²) in [5.41, 5.74) is 0.715. The van der Waals surface area contributed by atoms with E-state index in [9.17, 15) is 0 Å². The maximum atomic E-state index is 8.48. The Bertz CT molecular complexity index is 220. The van der Waals surface area contributed by atoms with Crippen LogP contribution in [0.4, 0.5) is 0 Å². The summed E-state index contributed by atoms with van der Waals surface area (Å²) in [6.07, 6.45) is 1.66. The van der Waals surface area contributed by atoms with Gasteiger partial charge in [0.25, 0.3) is 0 Å². The van der Waals surface area contributed by atoms with Gasteiger partial charge < -0.3 is 15.5 Å². The van der Waals surface area contributed by atoms with Gasteiger partial charge in [-0.25, -0.2) is 0 Å². The zero-order chi connectivity index (χ0) is 11.5. The zero-order valence-corrected chi connectivity index (χ0v) is 10.5. The van der Waals surface area contributed by atoms with Crippen LogP contribution in [0.5, 0.6) is 0 Å². The van der Waals surface area contributed by atoms with Gasteiger partial charge in [0.1, 0.15) is 0 Å². The van der Waals surface area contributed by atoms with Crippen LogP contribution in [0.15, 0.2) is 24.4 Å². The third-order valence-corrected chi connectivity index (χ3v) is 2.23. The minimum Gasteiger partial charge on any atom is -0.412 e. The summed E-state index contributed by atoms with van der Waals surface area (Å²) in [5.74, 6) is 0. The molecule has 3 N–H and O–H groups in total. The molecule has 16 heavy (non-hydrogen) atoms. The summed E-state index contributed by atoms with van der Waals surface area (Å²) in [5, 5.41) is 8.48. The second-order valence-corrected chi connectivity index (χ2v) is 3.10. The number of hydrogen-bond acceptors (Lipinski definition) is 3. The van der Waals surface area contributed by atoms with Crippen LogP contribution in [0.25, 0.3) is 0 Å². The summed E-state index contributed by atoms with van der Waals surface area (Å²) in [4.78, 5) is 6.22. The highest BCUT2D eigenvalue weighted by Crippen LogP contribution is 1.89. The first-order valence-corrected chi connectivity index (χ1v) is 5.51. The Morgan fingerprint density at radius 1 is 1.12 bits per heavy atom. The van der Waals surface area contributed by atoms with Crippen molar-refractivity contribution < 1.29 is 10.6 Å². The second kappa shape index (κ2) is 12.1. The Hall–Kier alpha value is -0.970. The fraction of sp³-hybridized carbons (Fsp3) is 0.583. The molecule has 0 saturated heterocycles. The number of aromatic nitrogens is 1. The molecule has 1 heterocycles. The van der Waals surface area contributed by atoms with Crippen LogP contribution < -0.4 is 0 Å².